The Balaban J connectivity index is 2.09. The highest BCUT2D eigenvalue weighted by Gasteiger charge is 2.35. The first-order valence-electron chi connectivity index (χ1n) is 16.5. The Hall–Kier alpha value is -3.21. The van der Waals surface area contributed by atoms with Crippen LogP contribution in [0.5, 0.6) is 11.5 Å². The third-order valence-corrected chi connectivity index (χ3v) is 8.43. The van der Waals surface area contributed by atoms with Crippen LogP contribution in [-0.4, -0.2) is 86.3 Å². The summed E-state index contributed by atoms with van der Waals surface area (Å²) in [4.78, 5) is 30.6. The van der Waals surface area contributed by atoms with Gasteiger partial charge in [-0.2, -0.15) is 0 Å². The quantitative estimate of drug-likeness (QED) is 0.0839. The van der Waals surface area contributed by atoms with Crippen molar-refractivity contribution in [2.45, 2.75) is 104 Å². The number of hydrogen-bond acceptors (Lipinski definition) is 8. The number of benzene rings is 1. The van der Waals surface area contributed by atoms with Crippen molar-refractivity contribution in [3.63, 3.8) is 0 Å². The van der Waals surface area contributed by atoms with E-state index in [0.717, 1.165) is 12.0 Å². The predicted octanol–water partition coefficient (Wildman–Crippen LogP) is 6.14. The summed E-state index contributed by atoms with van der Waals surface area (Å²) in [5.74, 6) is 0.887. The van der Waals surface area contributed by atoms with Gasteiger partial charge in [-0.15, -0.1) is 0 Å². The van der Waals surface area contributed by atoms with Crippen LogP contribution in [0.25, 0.3) is 10.4 Å². The second kappa shape index (κ2) is 18.8. The van der Waals surface area contributed by atoms with E-state index >= 15 is 0 Å². The number of nitrogens with zero attached hydrogens (tertiary/aromatic N) is 4. The number of amides is 2. The van der Waals surface area contributed by atoms with E-state index in [1.165, 1.54) is 0 Å². The van der Waals surface area contributed by atoms with Gasteiger partial charge in [0.2, 0.25) is 5.91 Å². The summed E-state index contributed by atoms with van der Waals surface area (Å²) in [5, 5.41) is 18.5. The zero-order chi connectivity index (χ0) is 34.4. The molecule has 0 spiro atoms. The van der Waals surface area contributed by atoms with Crippen molar-refractivity contribution >= 4 is 12.0 Å². The number of aliphatic hydroxyl groups is 1. The fraction of sp³-hybridized carbons (Fsp3) is 0.765. The second-order valence-corrected chi connectivity index (χ2v) is 14.0. The van der Waals surface area contributed by atoms with Gasteiger partial charge in [0.25, 0.3) is 0 Å². The first-order valence-corrected chi connectivity index (χ1v) is 16.5. The van der Waals surface area contributed by atoms with E-state index in [-0.39, 0.29) is 36.1 Å². The maximum Gasteiger partial charge on any atom is 0.410 e. The summed E-state index contributed by atoms with van der Waals surface area (Å²) in [5.41, 5.74) is 9.87. The molecule has 1 aliphatic rings. The largest absolute Gasteiger partial charge is 0.493 e. The lowest BCUT2D eigenvalue weighted by Crippen LogP contribution is -2.44. The number of carbonyl (C=O) groups is 2. The topological polar surface area (TPSA) is 155 Å². The molecule has 1 heterocycles. The van der Waals surface area contributed by atoms with E-state index in [0.29, 0.717) is 57.1 Å². The third-order valence-electron chi connectivity index (χ3n) is 8.43. The number of ether oxygens (including phenoxy) is 4. The maximum atomic E-state index is 13.4. The Kier molecular flexibility index (Phi) is 15.9. The first kappa shape index (κ1) is 39.0. The Morgan fingerprint density at radius 2 is 1.83 bits per heavy atom. The van der Waals surface area contributed by atoms with Crippen molar-refractivity contribution in [2.75, 3.05) is 40.5 Å². The Morgan fingerprint density at radius 3 is 2.41 bits per heavy atom. The summed E-state index contributed by atoms with van der Waals surface area (Å²) in [6, 6.07) is 4.97. The van der Waals surface area contributed by atoms with E-state index in [1.807, 2.05) is 52.8 Å². The lowest BCUT2D eigenvalue weighted by Gasteiger charge is -2.30. The standard InChI is InChI=1S/C34H57N5O7/c1-22(2)25(17-24-11-12-30(44-9)31(18-24)45-16-10-15-43-8)19-28(37-38-35)29(40)20-27(23(3)4)32(41)36-26-13-14-39(21-26)33(42)46-34(5,6)7/h11-12,18,22-23,25-29,40H,10,13-17,19-21H2,1-9H3,(H,36,41)/t25?,26-,27?,28?,29?/m1/s1. The summed E-state index contributed by atoms with van der Waals surface area (Å²) in [6.07, 6.45) is 1.28. The molecule has 0 aromatic heterocycles. The lowest BCUT2D eigenvalue weighted by atomic mass is 9.80. The normalized spacial score (nSPS) is 17.7. The van der Waals surface area contributed by atoms with Crippen LogP contribution in [0.3, 0.4) is 0 Å². The van der Waals surface area contributed by atoms with E-state index in [2.05, 4.69) is 29.2 Å². The molecule has 1 fully saturated rings. The minimum absolute atomic E-state index is 0.0627. The predicted molar refractivity (Wildman–Crippen MR) is 178 cm³/mol. The monoisotopic (exact) mass is 647 g/mol. The van der Waals surface area contributed by atoms with Gasteiger partial charge in [-0.3, -0.25) is 4.79 Å². The molecule has 4 unspecified atom stereocenters. The van der Waals surface area contributed by atoms with Crippen LogP contribution < -0.4 is 14.8 Å². The zero-order valence-corrected chi connectivity index (χ0v) is 29.3. The Morgan fingerprint density at radius 1 is 1.11 bits per heavy atom. The van der Waals surface area contributed by atoms with E-state index in [1.54, 1.807) is 19.1 Å². The number of likely N-dealkylation sites (tertiary alicyclic amines) is 1. The minimum atomic E-state index is -1.01. The maximum absolute atomic E-state index is 13.4. The molecular formula is C34H57N5O7. The van der Waals surface area contributed by atoms with E-state index in [4.69, 9.17) is 18.9 Å². The highest BCUT2D eigenvalue weighted by atomic mass is 16.6. The van der Waals surface area contributed by atoms with Crippen LogP contribution in [0.15, 0.2) is 23.3 Å². The SMILES string of the molecule is COCCCOc1cc(CC(CC(N=[N+]=[N-])C(O)CC(C(=O)N[C@@H]2CCN(C(=O)OC(C)(C)C)C2)C(C)C)C(C)C)ccc1OC. The summed E-state index contributed by atoms with van der Waals surface area (Å²) >= 11 is 0. The number of azide groups is 1. The van der Waals surface area contributed by atoms with Gasteiger partial charge in [0.1, 0.15) is 5.60 Å². The van der Waals surface area contributed by atoms with Crippen LogP contribution in [0, 0.1) is 23.7 Å². The lowest BCUT2D eigenvalue weighted by molar-refractivity contribution is -0.128. The van der Waals surface area contributed by atoms with Gasteiger partial charge in [-0.25, -0.2) is 4.79 Å². The van der Waals surface area contributed by atoms with Crippen LogP contribution in [0.2, 0.25) is 0 Å². The molecule has 0 radical (unpaired) electrons. The van der Waals surface area contributed by atoms with Crippen LogP contribution >= 0.6 is 0 Å². The van der Waals surface area contributed by atoms with Gasteiger partial charge in [0, 0.05) is 50.1 Å². The zero-order valence-electron chi connectivity index (χ0n) is 29.3. The molecule has 260 valence electrons. The van der Waals surface area contributed by atoms with Crippen LogP contribution in [0.4, 0.5) is 4.79 Å². The molecule has 2 N–H and O–H groups in total. The first-order chi connectivity index (χ1) is 21.7. The smallest absolute Gasteiger partial charge is 0.410 e. The van der Waals surface area contributed by atoms with E-state index < -0.39 is 29.8 Å². The highest BCUT2D eigenvalue weighted by molar-refractivity contribution is 5.79. The van der Waals surface area contributed by atoms with Crippen molar-refractivity contribution in [3.05, 3.63) is 34.2 Å². The van der Waals surface area contributed by atoms with Gasteiger partial charge in [-0.1, -0.05) is 38.9 Å². The fourth-order valence-corrected chi connectivity index (χ4v) is 5.68. The molecule has 46 heavy (non-hydrogen) atoms. The third kappa shape index (κ3) is 12.9. The van der Waals surface area contributed by atoms with Gasteiger partial charge < -0.3 is 34.3 Å². The number of carbonyl (C=O) groups excluding carboxylic acids is 2. The van der Waals surface area contributed by atoms with Gasteiger partial charge in [0.15, 0.2) is 11.5 Å². The average Bonchev–Trinajstić information content (AvgIpc) is 3.45. The molecule has 2 amide bonds. The molecule has 12 nitrogen and oxygen atoms in total. The second-order valence-electron chi connectivity index (χ2n) is 14.0. The number of hydrogen-bond donors (Lipinski definition) is 2. The molecule has 0 saturated carbocycles. The molecule has 5 atom stereocenters. The Labute approximate surface area is 275 Å². The van der Waals surface area contributed by atoms with Crippen molar-refractivity contribution in [3.8, 4) is 11.5 Å². The molecule has 12 heteroatoms. The van der Waals surface area contributed by atoms with Crippen molar-refractivity contribution < 1.29 is 33.6 Å². The molecule has 1 aromatic rings. The number of aliphatic hydroxyl groups excluding tert-OH is 1. The fourth-order valence-electron chi connectivity index (χ4n) is 5.68. The Bertz CT molecular complexity index is 1150. The molecule has 0 bridgehead atoms. The van der Waals surface area contributed by atoms with Crippen molar-refractivity contribution in [1.82, 2.24) is 10.2 Å². The van der Waals surface area contributed by atoms with Gasteiger partial charge in [0.05, 0.1) is 25.9 Å². The summed E-state index contributed by atoms with van der Waals surface area (Å²) in [7, 11) is 3.27. The number of methoxy groups -OCH3 is 2. The van der Waals surface area contributed by atoms with Gasteiger partial charge in [-0.05, 0) is 87.4 Å². The van der Waals surface area contributed by atoms with Crippen LogP contribution in [-0.2, 0) is 20.7 Å². The van der Waals surface area contributed by atoms with Gasteiger partial charge >= 0.3 is 6.09 Å². The molecule has 2 rings (SSSR count). The molecule has 0 aliphatic carbocycles. The highest BCUT2D eigenvalue weighted by Crippen LogP contribution is 2.33. The molecular weight excluding hydrogens is 590 g/mol. The summed E-state index contributed by atoms with van der Waals surface area (Å²) in [6.45, 7) is 15.6. The average molecular weight is 648 g/mol. The van der Waals surface area contributed by atoms with Crippen LogP contribution in [0.1, 0.15) is 79.7 Å². The van der Waals surface area contributed by atoms with Crippen molar-refractivity contribution in [1.29, 1.82) is 0 Å². The van der Waals surface area contributed by atoms with E-state index in [9.17, 15) is 20.2 Å². The van der Waals surface area contributed by atoms with Crippen molar-refractivity contribution in [2.24, 2.45) is 28.8 Å². The number of nitrogens with one attached hydrogen (secondary N) is 1. The molecule has 1 saturated heterocycles. The number of rotatable bonds is 18. The summed E-state index contributed by atoms with van der Waals surface area (Å²) < 4.78 is 22.0. The molecule has 1 aliphatic heterocycles. The minimum Gasteiger partial charge on any atom is -0.493 e. The molecule has 1 aromatic carbocycles.